The first-order valence-corrected chi connectivity index (χ1v) is 9.37. The highest BCUT2D eigenvalue weighted by Gasteiger charge is 2.31. The summed E-state index contributed by atoms with van der Waals surface area (Å²) in [4.78, 5) is 14.3. The average Bonchev–Trinajstić information content (AvgIpc) is 2.88. The first kappa shape index (κ1) is 20.9. The van der Waals surface area contributed by atoms with E-state index in [0.29, 0.717) is 19.0 Å². The number of hydrogen-bond acceptors (Lipinski definition) is 4. The lowest BCUT2D eigenvalue weighted by Gasteiger charge is -2.21. The molecule has 6 nitrogen and oxygen atoms in total. The summed E-state index contributed by atoms with van der Waals surface area (Å²) in [5.41, 5.74) is 6.66. The van der Waals surface area contributed by atoms with E-state index < -0.39 is 10.0 Å². The first-order valence-electron chi connectivity index (χ1n) is 7.89. The number of aryl methyl sites for hydroxylation is 1. The van der Waals surface area contributed by atoms with Crippen LogP contribution in [0.25, 0.3) is 0 Å². The van der Waals surface area contributed by atoms with Gasteiger partial charge in [0.1, 0.15) is 0 Å². The summed E-state index contributed by atoms with van der Waals surface area (Å²) in [6.45, 7) is 5.25. The lowest BCUT2D eigenvalue weighted by molar-refractivity contribution is -0.131. The van der Waals surface area contributed by atoms with Gasteiger partial charge in [-0.15, -0.1) is 12.4 Å². The number of rotatable bonds is 6. The van der Waals surface area contributed by atoms with Crippen LogP contribution in [0, 0.1) is 12.8 Å². The van der Waals surface area contributed by atoms with Crippen LogP contribution in [-0.4, -0.2) is 44.9 Å². The van der Waals surface area contributed by atoms with Crippen molar-refractivity contribution >= 4 is 28.3 Å². The van der Waals surface area contributed by atoms with Crippen LogP contribution in [0.5, 0.6) is 0 Å². The predicted molar refractivity (Wildman–Crippen MR) is 96.6 cm³/mol. The molecule has 1 aromatic rings. The van der Waals surface area contributed by atoms with Gasteiger partial charge in [-0.1, -0.05) is 17.7 Å². The zero-order chi connectivity index (χ0) is 17.0. The summed E-state index contributed by atoms with van der Waals surface area (Å²) in [7, 11) is -3.57. The molecule has 0 spiro atoms. The van der Waals surface area contributed by atoms with Gasteiger partial charge in [0.2, 0.25) is 15.9 Å². The van der Waals surface area contributed by atoms with Gasteiger partial charge in [-0.25, -0.2) is 13.1 Å². The molecule has 1 amide bonds. The highest BCUT2D eigenvalue weighted by Crippen LogP contribution is 2.22. The van der Waals surface area contributed by atoms with Crippen molar-refractivity contribution in [1.29, 1.82) is 0 Å². The second-order valence-electron chi connectivity index (χ2n) is 6.19. The Balaban J connectivity index is 0.00000288. The molecule has 0 radical (unpaired) electrons. The molecular formula is C16H26ClN3O3S. The monoisotopic (exact) mass is 375 g/mol. The topological polar surface area (TPSA) is 92.5 Å². The minimum atomic E-state index is -3.57. The molecule has 0 saturated carbocycles. The molecule has 0 bridgehead atoms. The van der Waals surface area contributed by atoms with E-state index in [-0.39, 0.29) is 42.2 Å². The largest absolute Gasteiger partial charge is 0.340 e. The van der Waals surface area contributed by atoms with E-state index in [1.54, 1.807) is 29.2 Å². The molecule has 2 atom stereocenters. The number of sulfonamides is 1. The zero-order valence-electron chi connectivity index (χ0n) is 14.1. The highest BCUT2D eigenvalue weighted by molar-refractivity contribution is 7.89. The molecule has 1 aromatic carbocycles. The number of halogens is 1. The summed E-state index contributed by atoms with van der Waals surface area (Å²) in [6.07, 6.45) is 1.07. The molecule has 8 heteroatoms. The Morgan fingerprint density at radius 1 is 1.33 bits per heavy atom. The zero-order valence-corrected chi connectivity index (χ0v) is 15.7. The predicted octanol–water partition coefficient (Wildman–Crippen LogP) is 1.28. The first-order chi connectivity index (χ1) is 10.8. The van der Waals surface area contributed by atoms with Gasteiger partial charge in [0, 0.05) is 25.6 Å². The molecule has 2 rings (SSSR count). The van der Waals surface area contributed by atoms with Gasteiger partial charge in [-0.05, 0) is 44.9 Å². The van der Waals surface area contributed by atoms with Crippen molar-refractivity contribution in [3.63, 3.8) is 0 Å². The van der Waals surface area contributed by atoms with Crippen molar-refractivity contribution in [2.24, 2.45) is 11.7 Å². The van der Waals surface area contributed by atoms with Crippen LogP contribution in [0.1, 0.15) is 25.3 Å². The third-order valence-electron chi connectivity index (χ3n) is 4.28. The van der Waals surface area contributed by atoms with Crippen LogP contribution in [0.2, 0.25) is 0 Å². The normalized spacial score (nSPS) is 20.7. The summed E-state index contributed by atoms with van der Waals surface area (Å²) in [6, 6.07) is 6.80. The Hall–Kier alpha value is -1.15. The molecule has 1 aliphatic rings. The molecule has 1 heterocycles. The van der Waals surface area contributed by atoms with Gasteiger partial charge in [0.05, 0.1) is 4.90 Å². The van der Waals surface area contributed by atoms with Crippen LogP contribution in [-0.2, 0) is 14.8 Å². The third kappa shape index (κ3) is 5.17. The molecule has 0 aromatic heterocycles. The molecule has 1 aliphatic heterocycles. The number of carbonyl (C=O) groups is 1. The van der Waals surface area contributed by atoms with Gasteiger partial charge in [-0.3, -0.25) is 4.79 Å². The molecule has 1 fully saturated rings. The van der Waals surface area contributed by atoms with Crippen molar-refractivity contribution in [3.8, 4) is 0 Å². The Bertz CT molecular complexity index is 649. The molecule has 136 valence electrons. The average molecular weight is 376 g/mol. The van der Waals surface area contributed by atoms with Crippen molar-refractivity contribution < 1.29 is 13.2 Å². The van der Waals surface area contributed by atoms with E-state index in [4.69, 9.17) is 5.73 Å². The third-order valence-corrected chi connectivity index (χ3v) is 5.75. The molecule has 3 N–H and O–H groups in total. The van der Waals surface area contributed by atoms with Gasteiger partial charge in [0.25, 0.3) is 0 Å². The van der Waals surface area contributed by atoms with Crippen LogP contribution < -0.4 is 10.5 Å². The number of amides is 1. The fourth-order valence-corrected chi connectivity index (χ4v) is 3.93. The second-order valence-corrected chi connectivity index (χ2v) is 7.96. The quantitative estimate of drug-likeness (QED) is 0.783. The maximum atomic E-state index is 12.2. The maximum Gasteiger partial charge on any atom is 0.240 e. The lowest BCUT2D eigenvalue weighted by atomic mass is 10.1. The Morgan fingerprint density at radius 3 is 2.50 bits per heavy atom. The molecule has 2 unspecified atom stereocenters. The van der Waals surface area contributed by atoms with E-state index in [1.165, 1.54) is 0 Å². The number of nitrogens with two attached hydrogens (primary N) is 1. The minimum absolute atomic E-state index is 0. The van der Waals surface area contributed by atoms with Crippen molar-refractivity contribution in [2.45, 2.75) is 37.6 Å². The fourth-order valence-electron chi connectivity index (χ4n) is 2.90. The van der Waals surface area contributed by atoms with Gasteiger partial charge in [-0.2, -0.15) is 0 Å². The van der Waals surface area contributed by atoms with Crippen molar-refractivity contribution in [1.82, 2.24) is 9.62 Å². The SMILES string of the molecule is Cc1ccc(S(=O)(=O)NCCC(=O)N2CC(CN)CC2C)cc1.Cl. The van der Waals surface area contributed by atoms with Crippen LogP contribution in [0.15, 0.2) is 29.2 Å². The fraction of sp³-hybridized carbons (Fsp3) is 0.562. The van der Waals surface area contributed by atoms with Gasteiger partial charge in [0.15, 0.2) is 0 Å². The van der Waals surface area contributed by atoms with Gasteiger partial charge < -0.3 is 10.6 Å². The number of hydrogen-bond donors (Lipinski definition) is 2. The Labute approximate surface area is 150 Å². The van der Waals surface area contributed by atoms with Crippen molar-refractivity contribution in [2.75, 3.05) is 19.6 Å². The number of nitrogens with zero attached hydrogens (tertiary/aromatic N) is 1. The molecular weight excluding hydrogens is 350 g/mol. The summed E-state index contributed by atoms with van der Waals surface area (Å²) in [5.74, 6) is 0.318. The van der Waals surface area contributed by atoms with E-state index in [9.17, 15) is 13.2 Å². The standard InChI is InChI=1S/C16H25N3O3S.ClH/c1-12-3-5-15(6-4-12)23(21,22)18-8-7-16(20)19-11-14(10-17)9-13(19)2;/h3-6,13-14,18H,7-11,17H2,1-2H3;1H. The number of likely N-dealkylation sites (tertiary alicyclic amines) is 1. The highest BCUT2D eigenvalue weighted by atomic mass is 35.5. The second kappa shape index (κ2) is 8.80. The number of benzene rings is 1. The summed E-state index contributed by atoms with van der Waals surface area (Å²) >= 11 is 0. The molecule has 1 saturated heterocycles. The smallest absolute Gasteiger partial charge is 0.240 e. The van der Waals surface area contributed by atoms with Gasteiger partial charge >= 0.3 is 0 Å². The van der Waals surface area contributed by atoms with E-state index in [1.807, 2.05) is 13.8 Å². The van der Waals surface area contributed by atoms with E-state index in [2.05, 4.69) is 4.72 Å². The van der Waals surface area contributed by atoms with E-state index in [0.717, 1.165) is 12.0 Å². The summed E-state index contributed by atoms with van der Waals surface area (Å²) < 4.78 is 26.8. The van der Waals surface area contributed by atoms with Crippen LogP contribution in [0.3, 0.4) is 0 Å². The van der Waals surface area contributed by atoms with Crippen LogP contribution >= 0.6 is 12.4 Å². The Morgan fingerprint density at radius 2 is 1.96 bits per heavy atom. The van der Waals surface area contributed by atoms with Crippen molar-refractivity contribution in [3.05, 3.63) is 29.8 Å². The maximum absolute atomic E-state index is 12.2. The van der Waals surface area contributed by atoms with E-state index >= 15 is 0 Å². The molecule has 24 heavy (non-hydrogen) atoms. The summed E-state index contributed by atoms with van der Waals surface area (Å²) in [5, 5.41) is 0. The van der Waals surface area contributed by atoms with Crippen LogP contribution in [0.4, 0.5) is 0 Å². The minimum Gasteiger partial charge on any atom is -0.340 e. The number of carbonyl (C=O) groups excluding carboxylic acids is 1. The molecule has 0 aliphatic carbocycles. The Kier molecular flexibility index (Phi) is 7.66. The lowest BCUT2D eigenvalue weighted by Crippen LogP contribution is -2.37. The number of nitrogens with one attached hydrogen (secondary N) is 1.